The molecule has 0 aromatic heterocycles. The topological polar surface area (TPSA) is 86.8 Å². The highest BCUT2D eigenvalue weighted by atomic mass is 35.5. The van der Waals surface area contributed by atoms with Crippen molar-refractivity contribution in [1.82, 2.24) is 10.2 Å². The van der Waals surface area contributed by atoms with Crippen molar-refractivity contribution < 1.29 is 22.4 Å². The third kappa shape index (κ3) is 10.00. The highest BCUT2D eigenvalue weighted by Gasteiger charge is 2.30. The summed E-state index contributed by atoms with van der Waals surface area (Å²) in [5.74, 6) is -1.08. The van der Waals surface area contributed by atoms with Crippen LogP contribution in [0.3, 0.4) is 0 Å². The van der Waals surface area contributed by atoms with Crippen molar-refractivity contribution in [2.24, 2.45) is 0 Å². The maximum atomic E-state index is 13.8. The minimum absolute atomic E-state index is 0.00284. The lowest BCUT2D eigenvalue weighted by Gasteiger charge is -2.32. The van der Waals surface area contributed by atoms with Gasteiger partial charge in [-0.2, -0.15) is 0 Å². The average molecular weight is 637 g/mol. The summed E-state index contributed by atoms with van der Waals surface area (Å²) >= 11 is 12.4. The quantitative estimate of drug-likeness (QED) is 0.200. The van der Waals surface area contributed by atoms with Gasteiger partial charge >= 0.3 is 0 Å². The van der Waals surface area contributed by atoms with Crippen LogP contribution < -0.4 is 9.62 Å². The van der Waals surface area contributed by atoms with Crippen molar-refractivity contribution in [1.29, 1.82) is 0 Å². The fraction of sp³-hybridized carbons (Fsp3) is 0.355. The Morgan fingerprint density at radius 3 is 2.24 bits per heavy atom. The summed E-state index contributed by atoms with van der Waals surface area (Å²) in [6.45, 7) is 2.61. The van der Waals surface area contributed by atoms with Crippen molar-refractivity contribution in [3.63, 3.8) is 0 Å². The Kier molecular flexibility index (Phi) is 12.6. The lowest BCUT2D eigenvalue weighted by molar-refractivity contribution is -0.141. The van der Waals surface area contributed by atoms with Crippen molar-refractivity contribution in [2.75, 3.05) is 23.7 Å². The molecule has 3 aromatic carbocycles. The number of nitrogens with one attached hydrogen (secondary N) is 1. The van der Waals surface area contributed by atoms with Gasteiger partial charge in [-0.25, -0.2) is 12.8 Å². The third-order valence-electron chi connectivity index (χ3n) is 6.70. The van der Waals surface area contributed by atoms with Gasteiger partial charge in [0.1, 0.15) is 11.9 Å². The summed E-state index contributed by atoms with van der Waals surface area (Å²) in [4.78, 5) is 28.9. The van der Waals surface area contributed by atoms with Gasteiger partial charge in [0, 0.05) is 32.5 Å². The predicted molar refractivity (Wildman–Crippen MR) is 167 cm³/mol. The highest BCUT2D eigenvalue weighted by Crippen LogP contribution is 2.25. The van der Waals surface area contributed by atoms with Crippen LogP contribution in [-0.4, -0.2) is 50.5 Å². The van der Waals surface area contributed by atoms with Gasteiger partial charge in [0.05, 0.1) is 22.0 Å². The average Bonchev–Trinajstić information content (AvgIpc) is 2.95. The first-order chi connectivity index (χ1) is 20.0. The lowest BCUT2D eigenvalue weighted by Crippen LogP contribution is -2.50. The van der Waals surface area contributed by atoms with E-state index in [0.29, 0.717) is 27.8 Å². The van der Waals surface area contributed by atoms with Gasteiger partial charge in [0.2, 0.25) is 21.8 Å². The molecule has 3 aromatic rings. The maximum Gasteiger partial charge on any atom is 0.243 e. The number of sulfonamides is 1. The number of anilines is 1. The van der Waals surface area contributed by atoms with Crippen LogP contribution in [0, 0.1) is 5.82 Å². The monoisotopic (exact) mass is 635 g/mol. The number of nitrogens with zero attached hydrogens (tertiary/aromatic N) is 2. The molecule has 2 amide bonds. The van der Waals surface area contributed by atoms with Gasteiger partial charge in [-0.15, -0.1) is 0 Å². The van der Waals surface area contributed by atoms with E-state index in [1.165, 1.54) is 29.2 Å². The molecule has 1 atom stereocenters. The van der Waals surface area contributed by atoms with Gasteiger partial charge < -0.3 is 10.2 Å². The molecule has 42 heavy (non-hydrogen) atoms. The molecule has 226 valence electrons. The van der Waals surface area contributed by atoms with Crippen LogP contribution in [0.15, 0.2) is 72.8 Å². The summed E-state index contributed by atoms with van der Waals surface area (Å²) in [7, 11) is -3.70. The molecule has 0 aliphatic heterocycles. The number of unbranched alkanes of at least 4 members (excludes halogenated alkanes) is 1. The molecule has 0 spiro atoms. The van der Waals surface area contributed by atoms with Gasteiger partial charge in [0.25, 0.3) is 0 Å². The van der Waals surface area contributed by atoms with E-state index in [1.807, 2.05) is 37.3 Å². The van der Waals surface area contributed by atoms with Crippen LogP contribution >= 0.6 is 23.2 Å². The first-order valence-corrected chi connectivity index (χ1v) is 16.4. The molecular formula is C31H36Cl2FN3O4S. The molecule has 11 heteroatoms. The van der Waals surface area contributed by atoms with E-state index in [4.69, 9.17) is 23.2 Å². The van der Waals surface area contributed by atoms with Gasteiger partial charge in [-0.3, -0.25) is 13.9 Å². The summed E-state index contributed by atoms with van der Waals surface area (Å²) in [5.41, 5.74) is 1.89. The Hall–Kier alpha value is -3.14. The molecule has 0 aliphatic rings. The number of hydrogen-bond donors (Lipinski definition) is 1. The predicted octanol–water partition coefficient (Wildman–Crippen LogP) is 6.24. The standard InChI is InChI=1S/C31H36Cl2FN3O4S/c1-3-4-18-35-31(39)29(21-23-9-6-5-7-10-23)36(22-24-12-17-27(32)28(33)20-24)30(38)11-8-19-37(42(2,40)41)26-15-13-25(34)14-16-26/h5-7,9-10,12-17,20,29H,3-4,8,11,18-19,21-22H2,1-2H3,(H,35,39). The molecule has 7 nitrogen and oxygen atoms in total. The fourth-order valence-electron chi connectivity index (χ4n) is 4.51. The smallest absolute Gasteiger partial charge is 0.243 e. The molecule has 1 unspecified atom stereocenters. The largest absolute Gasteiger partial charge is 0.354 e. The van der Waals surface area contributed by atoms with Gasteiger partial charge in [-0.05, 0) is 60.4 Å². The van der Waals surface area contributed by atoms with Crippen LogP contribution in [-0.2, 0) is 32.6 Å². The Labute approximate surface area is 257 Å². The zero-order valence-corrected chi connectivity index (χ0v) is 26.1. The molecule has 0 aliphatic carbocycles. The maximum absolute atomic E-state index is 13.8. The molecule has 0 bridgehead atoms. The first-order valence-electron chi connectivity index (χ1n) is 13.8. The van der Waals surface area contributed by atoms with Crippen molar-refractivity contribution in [3.8, 4) is 0 Å². The number of carbonyl (C=O) groups excluding carboxylic acids is 2. The molecule has 3 rings (SSSR count). The Morgan fingerprint density at radius 1 is 0.929 bits per heavy atom. The number of hydrogen-bond acceptors (Lipinski definition) is 4. The molecule has 0 fully saturated rings. The van der Waals surface area contributed by atoms with Crippen molar-refractivity contribution in [2.45, 2.75) is 51.6 Å². The van der Waals surface area contributed by atoms with E-state index in [2.05, 4.69) is 5.32 Å². The molecule has 1 N–H and O–H groups in total. The van der Waals surface area contributed by atoms with E-state index in [9.17, 15) is 22.4 Å². The van der Waals surface area contributed by atoms with Crippen LogP contribution in [0.2, 0.25) is 10.0 Å². The van der Waals surface area contributed by atoms with E-state index in [1.54, 1.807) is 18.2 Å². The van der Waals surface area contributed by atoms with E-state index >= 15 is 0 Å². The third-order valence-corrected chi connectivity index (χ3v) is 8.64. The minimum Gasteiger partial charge on any atom is -0.354 e. The van der Waals surface area contributed by atoms with Crippen molar-refractivity contribution in [3.05, 3.63) is 99.8 Å². The number of carbonyl (C=O) groups is 2. The summed E-state index contributed by atoms with van der Waals surface area (Å²) < 4.78 is 39.6. The molecule has 0 heterocycles. The van der Waals surface area contributed by atoms with E-state index < -0.39 is 21.9 Å². The lowest BCUT2D eigenvalue weighted by atomic mass is 10.0. The zero-order chi connectivity index (χ0) is 30.7. The van der Waals surface area contributed by atoms with Crippen LogP contribution in [0.5, 0.6) is 0 Å². The second kappa shape index (κ2) is 15.9. The van der Waals surface area contributed by atoms with Gasteiger partial charge in [0.15, 0.2) is 0 Å². The fourth-order valence-corrected chi connectivity index (χ4v) is 5.79. The van der Waals surface area contributed by atoms with E-state index in [-0.39, 0.29) is 44.2 Å². The summed E-state index contributed by atoms with van der Waals surface area (Å²) in [6, 6.07) is 18.8. The number of rotatable bonds is 15. The second-order valence-corrected chi connectivity index (χ2v) is 12.8. The molecule has 0 saturated carbocycles. The summed E-state index contributed by atoms with van der Waals surface area (Å²) in [5, 5.41) is 3.67. The zero-order valence-electron chi connectivity index (χ0n) is 23.7. The Morgan fingerprint density at radius 2 is 1.62 bits per heavy atom. The number of halogens is 3. The van der Waals surface area contributed by atoms with Crippen LogP contribution in [0.1, 0.15) is 43.7 Å². The SMILES string of the molecule is CCCCNC(=O)C(Cc1ccccc1)N(Cc1ccc(Cl)c(Cl)c1)C(=O)CCCN(c1ccc(F)cc1)S(C)(=O)=O. The first kappa shape index (κ1) is 33.4. The second-order valence-electron chi connectivity index (χ2n) is 10.0. The minimum atomic E-state index is -3.70. The molecular weight excluding hydrogens is 600 g/mol. The number of amides is 2. The van der Waals surface area contributed by atoms with E-state index in [0.717, 1.165) is 29.0 Å². The Balaban J connectivity index is 1.88. The van der Waals surface area contributed by atoms with Gasteiger partial charge in [-0.1, -0.05) is 72.9 Å². The highest BCUT2D eigenvalue weighted by molar-refractivity contribution is 7.92. The van der Waals surface area contributed by atoms with Crippen LogP contribution in [0.25, 0.3) is 0 Å². The van der Waals surface area contributed by atoms with Crippen molar-refractivity contribution >= 4 is 50.7 Å². The molecule has 0 radical (unpaired) electrons. The van der Waals surface area contributed by atoms with Crippen LogP contribution in [0.4, 0.5) is 10.1 Å². The summed E-state index contributed by atoms with van der Waals surface area (Å²) in [6.07, 6.45) is 3.20. The normalized spacial score (nSPS) is 12.0. The number of benzene rings is 3. The Bertz CT molecular complexity index is 1440. The molecule has 0 saturated heterocycles.